The van der Waals surface area contributed by atoms with Crippen molar-refractivity contribution in [3.8, 4) is 0 Å². The van der Waals surface area contributed by atoms with E-state index in [1.165, 1.54) is 6.07 Å². The molecule has 1 aliphatic rings. The van der Waals surface area contributed by atoms with Crippen molar-refractivity contribution in [3.05, 3.63) is 39.1 Å². The average Bonchev–Trinajstić information content (AvgIpc) is 2.20. The van der Waals surface area contributed by atoms with Crippen LogP contribution in [-0.4, -0.2) is 16.0 Å². The van der Waals surface area contributed by atoms with Gasteiger partial charge in [0.15, 0.2) is 0 Å². The number of rotatable bonds is 2. The van der Waals surface area contributed by atoms with Gasteiger partial charge in [0.1, 0.15) is 5.82 Å². The molecule has 3 N–H and O–H groups in total. The molecule has 0 amide bonds. The third-order valence-electron chi connectivity index (χ3n) is 2.98. The Morgan fingerprint density at radius 1 is 1.35 bits per heavy atom. The van der Waals surface area contributed by atoms with Crippen molar-refractivity contribution in [2.75, 3.05) is 5.32 Å². The van der Waals surface area contributed by atoms with Crippen molar-refractivity contribution in [1.82, 2.24) is 9.97 Å². The predicted molar refractivity (Wildman–Crippen MR) is 67.2 cm³/mol. The maximum absolute atomic E-state index is 11.1. The summed E-state index contributed by atoms with van der Waals surface area (Å²) in [7, 11) is 0. The summed E-state index contributed by atoms with van der Waals surface area (Å²) in [6.07, 6.45) is 6.31. The van der Waals surface area contributed by atoms with Gasteiger partial charge in [-0.1, -0.05) is 26.0 Å². The van der Waals surface area contributed by atoms with E-state index >= 15 is 0 Å². The van der Waals surface area contributed by atoms with Crippen LogP contribution in [0.2, 0.25) is 0 Å². The van der Waals surface area contributed by atoms with Gasteiger partial charge in [0, 0.05) is 12.1 Å². The number of aromatic nitrogens is 2. The second-order valence-corrected chi connectivity index (χ2v) is 5.14. The van der Waals surface area contributed by atoms with E-state index in [1.54, 1.807) is 0 Å². The quantitative estimate of drug-likeness (QED) is 0.674. The number of H-pyrrole nitrogens is 2. The van der Waals surface area contributed by atoms with Crippen molar-refractivity contribution in [2.24, 2.45) is 5.41 Å². The maximum Gasteiger partial charge on any atom is 0.327 e. The molecular formula is C12H17N3O2. The molecule has 1 aromatic rings. The zero-order valence-corrected chi connectivity index (χ0v) is 10.0. The van der Waals surface area contributed by atoms with Gasteiger partial charge in [-0.25, -0.2) is 4.79 Å². The number of allylic oxidation sites excluding steroid dienone is 1. The lowest BCUT2D eigenvalue weighted by atomic mass is 9.81. The van der Waals surface area contributed by atoms with Gasteiger partial charge < -0.3 is 5.32 Å². The van der Waals surface area contributed by atoms with Crippen LogP contribution in [0, 0.1) is 5.41 Å². The summed E-state index contributed by atoms with van der Waals surface area (Å²) in [5, 5.41) is 3.14. The number of anilines is 1. The van der Waals surface area contributed by atoms with E-state index in [4.69, 9.17) is 0 Å². The zero-order valence-electron chi connectivity index (χ0n) is 10.0. The molecule has 0 fully saturated rings. The van der Waals surface area contributed by atoms with Gasteiger partial charge in [0.05, 0.1) is 0 Å². The highest BCUT2D eigenvalue weighted by molar-refractivity contribution is 5.35. The monoisotopic (exact) mass is 235 g/mol. The smallest absolute Gasteiger partial charge is 0.327 e. The van der Waals surface area contributed by atoms with Crippen molar-refractivity contribution >= 4 is 5.82 Å². The summed E-state index contributed by atoms with van der Waals surface area (Å²) in [4.78, 5) is 26.9. The van der Waals surface area contributed by atoms with Gasteiger partial charge >= 0.3 is 5.69 Å². The second-order valence-electron chi connectivity index (χ2n) is 5.14. The van der Waals surface area contributed by atoms with Gasteiger partial charge in [-0.3, -0.25) is 14.8 Å². The van der Waals surface area contributed by atoms with E-state index in [2.05, 4.69) is 41.3 Å². The fourth-order valence-electron chi connectivity index (χ4n) is 1.95. The van der Waals surface area contributed by atoms with E-state index in [9.17, 15) is 9.59 Å². The Kier molecular flexibility index (Phi) is 2.92. The van der Waals surface area contributed by atoms with Crippen molar-refractivity contribution < 1.29 is 0 Å². The van der Waals surface area contributed by atoms with Crippen LogP contribution in [-0.2, 0) is 0 Å². The molecule has 0 bridgehead atoms. The molecule has 5 nitrogen and oxygen atoms in total. The summed E-state index contributed by atoms with van der Waals surface area (Å²) < 4.78 is 0. The molecule has 0 radical (unpaired) electrons. The molecule has 0 aliphatic heterocycles. The SMILES string of the molecule is CC1(C)C=CC(Nc2cc(=O)[nH]c(=O)[nH]2)CC1. The molecule has 0 saturated heterocycles. The minimum Gasteiger partial charge on any atom is -0.365 e. The van der Waals surface area contributed by atoms with Gasteiger partial charge in [0.25, 0.3) is 5.56 Å². The molecular weight excluding hydrogens is 218 g/mol. The van der Waals surface area contributed by atoms with Gasteiger partial charge in [-0.05, 0) is 18.3 Å². The van der Waals surface area contributed by atoms with E-state index in [1.807, 2.05) is 0 Å². The molecule has 2 rings (SSSR count). The van der Waals surface area contributed by atoms with E-state index in [0.717, 1.165) is 12.8 Å². The first kappa shape index (κ1) is 11.7. The van der Waals surface area contributed by atoms with E-state index in [0.29, 0.717) is 5.82 Å². The third kappa shape index (κ3) is 3.09. The van der Waals surface area contributed by atoms with Crippen LogP contribution in [0.1, 0.15) is 26.7 Å². The number of hydrogen-bond acceptors (Lipinski definition) is 3. The van der Waals surface area contributed by atoms with E-state index in [-0.39, 0.29) is 11.5 Å². The lowest BCUT2D eigenvalue weighted by Gasteiger charge is -2.29. The average molecular weight is 235 g/mol. The Morgan fingerprint density at radius 2 is 2.12 bits per heavy atom. The standard InChI is InChI=1S/C12H17N3O2/c1-12(2)5-3-8(4-6-12)13-9-7-10(16)15-11(17)14-9/h3,5,7-8H,4,6H2,1-2H3,(H3,13,14,15,16,17). The highest BCUT2D eigenvalue weighted by atomic mass is 16.2. The summed E-state index contributed by atoms with van der Waals surface area (Å²) >= 11 is 0. The topological polar surface area (TPSA) is 77.8 Å². The van der Waals surface area contributed by atoms with Crippen LogP contribution in [0.4, 0.5) is 5.82 Å². The summed E-state index contributed by atoms with van der Waals surface area (Å²) in [5.41, 5.74) is -0.642. The maximum atomic E-state index is 11.1. The Morgan fingerprint density at radius 3 is 2.71 bits per heavy atom. The molecule has 0 saturated carbocycles. The fourth-order valence-corrected chi connectivity index (χ4v) is 1.95. The lowest BCUT2D eigenvalue weighted by Crippen LogP contribution is -2.29. The van der Waals surface area contributed by atoms with Crippen LogP contribution in [0.25, 0.3) is 0 Å². The Hall–Kier alpha value is -1.78. The first-order valence-electron chi connectivity index (χ1n) is 5.74. The molecule has 1 aromatic heterocycles. The largest absolute Gasteiger partial charge is 0.365 e. The molecule has 1 atom stereocenters. The first-order chi connectivity index (χ1) is 7.94. The van der Waals surface area contributed by atoms with Crippen LogP contribution in [0.3, 0.4) is 0 Å². The molecule has 1 unspecified atom stereocenters. The first-order valence-corrected chi connectivity index (χ1v) is 5.74. The van der Waals surface area contributed by atoms with Gasteiger partial charge in [-0.2, -0.15) is 0 Å². The molecule has 17 heavy (non-hydrogen) atoms. The molecule has 1 aliphatic carbocycles. The van der Waals surface area contributed by atoms with Gasteiger partial charge in [0.2, 0.25) is 0 Å². The van der Waals surface area contributed by atoms with Crippen LogP contribution < -0.4 is 16.6 Å². The predicted octanol–water partition coefficient (Wildman–Crippen LogP) is 1.22. The lowest BCUT2D eigenvalue weighted by molar-refractivity contribution is 0.395. The van der Waals surface area contributed by atoms with Crippen LogP contribution >= 0.6 is 0 Å². The Labute approximate surface area is 99.0 Å². The minimum atomic E-state index is -0.486. The minimum absolute atomic E-state index is 0.167. The van der Waals surface area contributed by atoms with E-state index < -0.39 is 11.2 Å². The number of aromatic amines is 2. The summed E-state index contributed by atoms with van der Waals surface area (Å²) in [5.74, 6) is 0.466. The Bertz CT molecular complexity index is 511. The normalized spacial score (nSPS) is 22.4. The summed E-state index contributed by atoms with van der Waals surface area (Å²) in [6.45, 7) is 4.38. The third-order valence-corrected chi connectivity index (χ3v) is 2.98. The van der Waals surface area contributed by atoms with Crippen LogP contribution in [0.5, 0.6) is 0 Å². The van der Waals surface area contributed by atoms with Crippen molar-refractivity contribution in [1.29, 1.82) is 0 Å². The van der Waals surface area contributed by atoms with Crippen molar-refractivity contribution in [2.45, 2.75) is 32.7 Å². The fraction of sp³-hybridized carbons (Fsp3) is 0.500. The molecule has 1 heterocycles. The number of nitrogens with one attached hydrogen (secondary N) is 3. The summed E-state index contributed by atoms with van der Waals surface area (Å²) in [6, 6.07) is 1.52. The van der Waals surface area contributed by atoms with Crippen molar-refractivity contribution in [3.63, 3.8) is 0 Å². The van der Waals surface area contributed by atoms with Gasteiger partial charge in [-0.15, -0.1) is 0 Å². The molecule has 5 heteroatoms. The highest BCUT2D eigenvalue weighted by Crippen LogP contribution is 2.30. The number of hydrogen-bond donors (Lipinski definition) is 3. The van der Waals surface area contributed by atoms with Crippen LogP contribution in [0.15, 0.2) is 27.8 Å². The molecule has 92 valence electrons. The zero-order chi connectivity index (χ0) is 12.5. The Balaban J connectivity index is 2.12. The second kappa shape index (κ2) is 4.24. The molecule has 0 aromatic carbocycles. The highest BCUT2D eigenvalue weighted by Gasteiger charge is 2.21. The molecule has 0 spiro atoms.